The molecular formula is C22H23ClN4O4S. The van der Waals surface area contributed by atoms with Crippen molar-refractivity contribution in [1.82, 2.24) is 20.1 Å². The maximum atomic E-state index is 12.6. The van der Waals surface area contributed by atoms with Crippen molar-refractivity contribution in [2.24, 2.45) is 0 Å². The van der Waals surface area contributed by atoms with Gasteiger partial charge in [-0.3, -0.25) is 14.2 Å². The van der Waals surface area contributed by atoms with Crippen LogP contribution in [0.1, 0.15) is 30.0 Å². The number of ether oxygens (including phenoxy) is 2. The molecule has 1 aromatic heterocycles. The molecule has 0 saturated heterocycles. The molecule has 0 bridgehead atoms. The summed E-state index contributed by atoms with van der Waals surface area (Å²) in [5.41, 5.74) is 1.13. The van der Waals surface area contributed by atoms with Crippen molar-refractivity contribution >= 4 is 35.2 Å². The van der Waals surface area contributed by atoms with Crippen LogP contribution in [0.4, 0.5) is 0 Å². The Hall–Kier alpha value is -3.04. The Labute approximate surface area is 195 Å². The van der Waals surface area contributed by atoms with Crippen LogP contribution in [0.15, 0.2) is 53.7 Å². The van der Waals surface area contributed by atoms with Crippen molar-refractivity contribution in [2.75, 3.05) is 13.7 Å². The lowest BCUT2D eigenvalue weighted by atomic mass is 10.2. The molecule has 10 heteroatoms. The van der Waals surface area contributed by atoms with Crippen molar-refractivity contribution in [3.05, 3.63) is 64.9 Å². The van der Waals surface area contributed by atoms with Crippen LogP contribution in [-0.4, -0.2) is 45.6 Å². The molecule has 0 aliphatic rings. The van der Waals surface area contributed by atoms with E-state index in [0.29, 0.717) is 39.6 Å². The molecule has 0 aliphatic heterocycles. The third kappa shape index (κ3) is 5.60. The zero-order valence-corrected chi connectivity index (χ0v) is 19.4. The van der Waals surface area contributed by atoms with E-state index in [1.165, 1.54) is 11.8 Å². The first-order valence-electron chi connectivity index (χ1n) is 9.89. The number of halogens is 1. The molecule has 168 valence electrons. The molecule has 8 nitrogen and oxygen atoms in total. The van der Waals surface area contributed by atoms with E-state index in [1.807, 2.05) is 18.2 Å². The lowest BCUT2D eigenvalue weighted by Crippen LogP contribution is -2.24. The third-order valence-electron chi connectivity index (χ3n) is 4.45. The van der Waals surface area contributed by atoms with Crippen LogP contribution in [0.25, 0.3) is 5.69 Å². The maximum absolute atomic E-state index is 12.6. The highest BCUT2D eigenvalue weighted by molar-refractivity contribution is 8.00. The van der Waals surface area contributed by atoms with Crippen LogP contribution in [0.3, 0.4) is 0 Å². The summed E-state index contributed by atoms with van der Waals surface area (Å²) in [7, 11) is 1.56. The minimum absolute atomic E-state index is 0.109. The summed E-state index contributed by atoms with van der Waals surface area (Å²) in [6.45, 7) is 3.89. The van der Waals surface area contributed by atoms with Gasteiger partial charge in [-0.15, -0.1) is 10.2 Å². The predicted molar refractivity (Wildman–Crippen MR) is 122 cm³/mol. The number of hydrogen-bond acceptors (Lipinski definition) is 7. The number of esters is 1. The Morgan fingerprint density at radius 1 is 1.16 bits per heavy atom. The number of methoxy groups -OCH3 is 1. The number of thioether (sulfide) groups is 1. The zero-order chi connectivity index (χ0) is 23.1. The van der Waals surface area contributed by atoms with Crippen molar-refractivity contribution in [3.8, 4) is 11.4 Å². The highest BCUT2D eigenvalue weighted by Gasteiger charge is 2.23. The lowest BCUT2D eigenvalue weighted by Gasteiger charge is -2.14. The fourth-order valence-electron chi connectivity index (χ4n) is 2.84. The van der Waals surface area contributed by atoms with Crippen LogP contribution in [-0.2, 0) is 16.1 Å². The number of nitrogens with one attached hydrogen (secondary N) is 1. The average Bonchev–Trinajstić information content (AvgIpc) is 3.20. The maximum Gasteiger partial charge on any atom is 0.319 e. The minimum Gasteiger partial charge on any atom is -0.497 e. The van der Waals surface area contributed by atoms with E-state index in [9.17, 15) is 9.59 Å². The molecule has 32 heavy (non-hydrogen) atoms. The number of carbonyl (C=O) groups is 2. The van der Waals surface area contributed by atoms with E-state index in [-0.39, 0.29) is 18.4 Å². The summed E-state index contributed by atoms with van der Waals surface area (Å²) in [6.07, 6.45) is 0. The number of rotatable bonds is 9. The topological polar surface area (TPSA) is 95.3 Å². The molecule has 3 rings (SSSR count). The van der Waals surface area contributed by atoms with Gasteiger partial charge in [0.25, 0.3) is 5.91 Å². The second-order valence-electron chi connectivity index (χ2n) is 6.61. The van der Waals surface area contributed by atoms with Crippen LogP contribution < -0.4 is 10.1 Å². The highest BCUT2D eigenvalue weighted by Crippen LogP contribution is 2.29. The Bertz CT molecular complexity index is 1090. The van der Waals surface area contributed by atoms with Crippen LogP contribution in [0.2, 0.25) is 5.02 Å². The van der Waals surface area contributed by atoms with Gasteiger partial charge >= 0.3 is 5.97 Å². The van der Waals surface area contributed by atoms with E-state index in [4.69, 9.17) is 21.1 Å². The minimum atomic E-state index is -0.498. The number of amides is 1. The van der Waals surface area contributed by atoms with Gasteiger partial charge in [-0.05, 0) is 50.2 Å². The number of hydrogen-bond donors (Lipinski definition) is 1. The molecular weight excluding hydrogens is 452 g/mol. The highest BCUT2D eigenvalue weighted by atomic mass is 35.5. The SMILES string of the molecule is CCOC(=O)[C@@H](C)Sc1nnc(CNC(=O)c2ccc(OC)cc2)n1-c1ccccc1Cl. The van der Waals surface area contributed by atoms with Gasteiger partial charge in [0.1, 0.15) is 11.0 Å². The van der Waals surface area contributed by atoms with Gasteiger partial charge in [-0.1, -0.05) is 35.5 Å². The van der Waals surface area contributed by atoms with Gasteiger partial charge in [-0.2, -0.15) is 0 Å². The molecule has 2 aromatic carbocycles. The number of aromatic nitrogens is 3. The molecule has 0 fully saturated rings. The Kier molecular flexibility index (Phi) is 8.13. The van der Waals surface area contributed by atoms with Gasteiger partial charge in [-0.25, -0.2) is 0 Å². The molecule has 0 saturated carbocycles. The van der Waals surface area contributed by atoms with Gasteiger partial charge in [0, 0.05) is 5.56 Å². The first kappa shape index (κ1) is 23.6. The van der Waals surface area contributed by atoms with Gasteiger partial charge in [0.05, 0.1) is 31.0 Å². The van der Waals surface area contributed by atoms with Crippen LogP contribution >= 0.6 is 23.4 Å². The fraction of sp³-hybridized carbons (Fsp3) is 0.273. The predicted octanol–water partition coefficient (Wildman–Crippen LogP) is 3.90. The standard InChI is InChI=1S/C22H23ClN4O4S/c1-4-31-21(29)14(2)32-22-26-25-19(27(22)18-8-6-5-7-17(18)23)13-24-20(28)15-9-11-16(30-3)12-10-15/h5-12,14H,4,13H2,1-3H3,(H,24,28)/t14-/m1/s1. The zero-order valence-electron chi connectivity index (χ0n) is 17.9. The molecule has 0 unspecified atom stereocenters. The third-order valence-corrected chi connectivity index (χ3v) is 5.79. The molecule has 1 amide bonds. The molecule has 0 radical (unpaired) electrons. The van der Waals surface area contributed by atoms with E-state index >= 15 is 0 Å². The summed E-state index contributed by atoms with van der Waals surface area (Å²) < 4.78 is 11.9. The van der Waals surface area contributed by atoms with Crippen molar-refractivity contribution in [1.29, 1.82) is 0 Å². The molecule has 1 atom stereocenters. The smallest absolute Gasteiger partial charge is 0.319 e. The van der Waals surface area contributed by atoms with Crippen molar-refractivity contribution in [2.45, 2.75) is 30.8 Å². The molecule has 0 aliphatic carbocycles. The summed E-state index contributed by atoms with van der Waals surface area (Å²) in [5.74, 6) is 0.520. The van der Waals surface area contributed by atoms with Crippen molar-refractivity contribution in [3.63, 3.8) is 0 Å². The molecule has 3 aromatic rings. The first-order chi connectivity index (χ1) is 15.4. The Morgan fingerprint density at radius 3 is 2.53 bits per heavy atom. The van der Waals surface area contributed by atoms with Gasteiger partial charge in [0.2, 0.25) is 0 Å². The monoisotopic (exact) mass is 474 g/mol. The summed E-state index contributed by atoms with van der Waals surface area (Å²) in [6, 6.07) is 14.0. The largest absolute Gasteiger partial charge is 0.497 e. The summed E-state index contributed by atoms with van der Waals surface area (Å²) >= 11 is 7.63. The van der Waals surface area contributed by atoms with Crippen LogP contribution in [0, 0.1) is 0 Å². The quantitative estimate of drug-likeness (QED) is 0.371. The normalized spacial score (nSPS) is 11.6. The lowest BCUT2D eigenvalue weighted by molar-refractivity contribution is -0.142. The molecule has 1 N–H and O–H groups in total. The second kappa shape index (κ2) is 11.0. The number of benzene rings is 2. The van der Waals surface area contributed by atoms with E-state index in [1.54, 1.807) is 55.9 Å². The molecule has 1 heterocycles. The van der Waals surface area contributed by atoms with Gasteiger partial charge in [0.15, 0.2) is 11.0 Å². The Morgan fingerprint density at radius 2 is 1.88 bits per heavy atom. The fourth-order valence-corrected chi connectivity index (χ4v) is 3.93. The average molecular weight is 475 g/mol. The second-order valence-corrected chi connectivity index (χ2v) is 8.32. The number of para-hydroxylation sites is 1. The van der Waals surface area contributed by atoms with E-state index in [2.05, 4.69) is 15.5 Å². The number of nitrogens with zero attached hydrogens (tertiary/aromatic N) is 3. The summed E-state index contributed by atoms with van der Waals surface area (Å²) in [5, 5.41) is 11.8. The van der Waals surface area contributed by atoms with Gasteiger partial charge < -0.3 is 14.8 Å². The Balaban J connectivity index is 1.85. The van der Waals surface area contributed by atoms with Crippen molar-refractivity contribution < 1.29 is 19.1 Å². The van der Waals surface area contributed by atoms with Crippen LogP contribution in [0.5, 0.6) is 5.75 Å². The molecule has 0 spiro atoms. The van der Waals surface area contributed by atoms with E-state index < -0.39 is 5.25 Å². The van der Waals surface area contributed by atoms with E-state index in [0.717, 1.165) is 0 Å². The first-order valence-corrected chi connectivity index (χ1v) is 11.1. The summed E-state index contributed by atoms with van der Waals surface area (Å²) in [4.78, 5) is 24.7. The number of carbonyl (C=O) groups excluding carboxylic acids is 2.